The molecule has 6 nitrogen and oxygen atoms in total. The lowest BCUT2D eigenvalue weighted by atomic mass is 10.0. The molecule has 1 rings (SSSR count). The van der Waals surface area contributed by atoms with Gasteiger partial charge in [-0.2, -0.15) is 8.78 Å². The largest absolute Gasteiger partial charge is 0.490 e. The first-order valence-electron chi connectivity index (χ1n) is 9.67. The summed E-state index contributed by atoms with van der Waals surface area (Å²) in [7, 11) is 1.70. The van der Waals surface area contributed by atoms with Gasteiger partial charge >= 0.3 is 6.61 Å². The van der Waals surface area contributed by atoms with E-state index in [1.165, 1.54) is 6.07 Å². The van der Waals surface area contributed by atoms with Gasteiger partial charge in [0.1, 0.15) is 0 Å². The number of ether oxygens (including phenoxy) is 3. The maximum absolute atomic E-state index is 12.5. The summed E-state index contributed by atoms with van der Waals surface area (Å²) in [4.78, 5) is 4.20. The molecule has 1 aromatic rings. The number of nitrogens with zero attached hydrogens (tertiary/aromatic N) is 1. The van der Waals surface area contributed by atoms with Crippen LogP contribution < -0.4 is 20.1 Å². The van der Waals surface area contributed by atoms with Gasteiger partial charge in [-0.3, -0.25) is 4.99 Å². The molecule has 0 fully saturated rings. The average Bonchev–Trinajstić information content (AvgIpc) is 2.65. The van der Waals surface area contributed by atoms with E-state index in [0.717, 1.165) is 18.5 Å². The Morgan fingerprint density at radius 1 is 1.10 bits per heavy atom. The van der Waals surface area contributed by atoms with Crippen molar-refractivity contribution in [2.45, 2.75) is 53.4 Å². The topological polar surface area (TPSA) is 64.1 Å². The molecule has 2 N–H and O–H groups in total. The lowest BCUT2D eigenvalue weighted by Crippen LogP contribution is -2.38. The first kappa shape index (κ1) is 27.6. The van der Waals surface area contributed by atoms with Crippen LogP contribution in [0.1, 0.15) is 39.7 Å². The molecule has 9 heteroatoms. The zero-order chi connectivity index (χ0) is 20.9. The summed E-state index contributed by atoms with van der Waals surface area (Å²) in [6, 6.07) is 4.88. The van der Waals surface area contributed by atoms with E-state index in [1.54, 1.807) is 26.1 Å². The second-order valence-corrected chi connectivity index (χ2v) is 6.47. The van der Waals surface area contributed by atoms with Crippen molar-refractivity contribution in [3.63, 3.8) is 0 Å². The van der Waals surface area contributed by atoms with Crippen molar-refractivity contribution in [3.8, 4) is 11.5 Å². The summed E-state index contributed by atoms with van der Waals surface area (Å²) >= 11 is 0. The Hall–Kier alpha value is -1.36. The van der Waals surface area contributed by atoms with Gasteiger partial charge in [-0.1, -0.05) is 19.9 Å². The van der Waals surface area contributed by atoms with Gasteiger partial charge < -0.3 is 24.8 Å². The molecule has 0 spiro atoms. The van der Waals surface area contributed by atoms with Crippen LogP contribution in [0.5, 0.6) is 11.5 Å². The summed E-state index contributed by atoms with van der Waals surface area (Å²) in [5.74, 6) is 1.42. The second kappa shape index (κ2) is 15.5. The fraction of sp³-hybridized carbons (Fsp3) is 0.650. The van der Waals surface area contributed by atoms with E-state index < -0.39 is 6.61 Å². The molecule has 29 heavy (non-hydrogen) atoms. The van der Waals surface area contributed by atoms with E-state index in [4.69, 9.17) is 9.47 Å². The monoisotopic (exact) mass is 529 g/mol. The van der Waals surface area contributed by atoms with Crippen molar-refractivity contribution in [3.05, 3.63) is 23.8 Å². The third kappa shape index (κ3) is 10.8. The van der Waals surface area contributed by atoms with Crippen LogP contribution in [0.25, 0.3) is 0 Å². The number of aliphatic imine (C=N–C) groups is 1. The number of guanidine groups is 1. The van der Waals surface area contributed by atoms with E-state index in [1.807, 2.05) is 6.92 Å². The highest BCUT2D eigenvalue weighted by Gasteiger charge is 2.14. The third-order valence-corrected chi connectivity index (χ3v) is 4.05. The molecule has 0 bridgehead atoms. The predicted octanol–water partition coefficient (Wildman–Crippen LogP) is 4.42. The molecule has 1 atom stereocenters. The van der Waals surface area contributed by atoms with E-state index in [0.29, 0.717) is 37.4 Å². The molecule has 168 valence electrons. The lowest BCUT2D eigenvalue weighted by molar-refractivity contribution is -0.0514. The van der Waals surface area contributed by atoms with E-state index in [9.17, 15) is 8.78 Å². The van der Waals surface area contributed by atoms with E-state index in [-0.39, 0.29) is 35.8 Å². The average molecular weight is 529 g/mol. The number of alkyl halides is 2. The summed E-state index contributed by atoms with van der Waals surface area (Å²) in [5, 5.41) is 6.47. The Morgan fingerprint density at radius 2 is 1.83 bits per heavy atom. The number of halogens is 3. The Kier molecular flexibility index (Phi) is 14.8. The zero-order valence-corrected chi connectivity index (χ0v) is 20.2. The van der Waals surface area contributed by atoms with Crippen LogP contribution in [-0.4, -0.2) is 45.5 Å². The van der Waals surface area contributed by atoms with Crippen LogP contribution in [0.3, 0.4) is 0 Å². The van der Waals surface area contributed by atoms with Gasteiger partial charge in [-0.05, 0) is 43.9 Å². The van der Waals surface area contributed by atoms with Crippen LogP contribution in [0.15, 0.2) is 23.2 Å². The zero-order valence-electron chi connectivity index (χ0n) is 17.8. The number of benzene rings is 1. The summed E-state index contributed by atoms with van der Waals surface area (Å²) < 4.78 is 40.6. The summed E-state index contributed by atoms with van der Waals surface area (Å²) in [5.41, 5.74) is 0.863. The van der Waals surface area contributed by atoms with Crippen LogP contribution in [0, 0.1) is 5.92 Å². The Morgan fingerprint density at radius 3 is 2.38 bits per heavy atom. The minimum Gasteiger partial charge on any atom is -0.490 e. The Bertz CT molecular complexity index is 604. The van der Waals surface area contributed by atoms with Gasteiger partial charge in [-0.25, -0.2) is 0 Å². The molecule has 0 aliphatic carbocycles. The fourth-order valence-electron chi connectivity index (χ4n) is 2.69. The van der Waals surface area contributed by atoms with Crippen molar-refractivity contribution < 1.29 is 23.0 Å². The van der Waals surface area contributed by atoms with E-state index >= 15 is 0 Å². The normalized spacial score (nSPS) is 12.5. The van der Waals surface area contributed by atoms with Gasteiger partial charge in [0.05, 0.1) is 12.7 Å². The standard InChI is InChI=1S/C20H33F2N3O3.HI/c1-6-26-16(14(3)4)10-11-24-20(23-5)25-13-15-8-9-17(28-19(21)22)18(12-15)27-7-2;/h8-9,12,14,16,19H,6-7,10-11,13H2,1-5H3,(H2,23,24,25);1H. The van der Waals surface area contributed by atoms with Crippen molar-refractivity contribution in [1.82, 2.24) is 10.6 Å². The van der Waals surface area contributed by atoms with Crippen LogP contribution >= 0.6 is 24.0 Å². The lowest BCUT2D eigenvalue weighted by Gasteiger charge is -2.21. The predicted molar refractivity (Wildman–Crippen MR) is 123 cm³/mol. The van der Waals surface area contributed by atoms with Crippen molar-refractivity contribution in [1.29, 1.82) is 0 Å². The van der Waals surface area contributed by atoms with Gasteiger partial charge in [0.25, 0.3) is 0 Å². The summed E-state index contributed by atoms with van der Waals surface area (Å²) in [6.45, 7) is 7.43. The molecule has 0 aliphatic heterocycles. The molecule has 0 saturated carbocycles. The molecular weight excluding hydrogens is 495 g/mol. The van der Waals surface area contributed by atoms with E-state index in [2.05, 4.69) is 34.2 Å². The number of hydrogen-bond acceptors (Lipinski definition) is 4. The molecule has 1 unspecified atom stereocenters. The van der Waals surface area contributed by atoms with Crippen molar-refractivity contribution >= 4 is 29.9 Å². The maximum atomic E-state index is 12.5. The number of rotatable bonds is 12. The Balaban J connectivity index is 0.00000784. The molecule has 0 amide bonds. The molecular formula is C20H34F2IN3O3. The molecule has 0 aromatic heterocycles. The highest BCUT2D eigenvalue weighted by atomic mass is 127. The smallest absolute Gasteiger partial charge is 0.387 e. The van der Waals surface area contributed by atoms with Gasteiger partial charge in [0.2, 0.25) is 0 Å². The highest BCUT2D eigenvalue weighted by molar-refractivity contribution is 14.0. The van der Waals surface area contributed by atoms with Gasteiger partial charge in [0.15, 0.2) is 17.5 Å². The minimum absolute atomic E-state index is 0. The molecule has 0 heterocycles. The minimum atomic E-state index is -2.89. The summed E-state index contributed by atoms with van der Waals surface area (Å²) in [6.07, 6.45) is 1.08. The van der Waals surface area contributed by atoms with Gasteiger partial charge in [-0.15, -0.1) is 24.0 Å². The van der Waals surface area contributed by atoms with Crippen LogP contribution in [0.2, 0.25) is 0 Å². The van der Waals surface area contributed by atoms with Crippen LogP contribution in [-0.2, 0) is 11.3 Å². The number of hydrogen-bond donors (Lipinski definition) is 2. The Labute approximate surface area is 189 Å². The SMILES string of the molecule is CCOc1cc(CNC(=NC)NCCC(OCC)C(C)C)ccc1OC(F)F.I. The highest BCUT2D eigenvalue weighted by Crippen LogP contribution is 2.29. The maximum Gasteiger partial charge on any atom is 0.387 e. The third-order valence-electron chi connectivity index (χ3n) is 4.05. The first-order chi connectivity index (χ1) is 13.4. The van der Waals surface area contributed by atoms with Crippen LogP contribution in [0.4, 0.5) is 8.78 Å². The molecule has 0 radical (unpaired) electrons. The molecule has 0 saturated heterocycles. The molecule has 1 aromatic carbocycles. The number of nitrogens with one attached hydrogen (secondary N) is 2. The quantitative estimate of drug-likeness (QED) is 0.239. The first-order valence-corrected chi connectivity index (χ1v) is 9.67. The second-order valence-electron chi connectivity index (χ2n) is 6.47. The van der Waals surface area contributed by atoms with Crippen molar-refractivity contribution in [2.75, 3.05) is 26.8 Å². The van der Waals surface area contributed by atoms with Gasteiger partial charge in [0, 0.05) is 26.7 Å². The fourth-order valence-corrected chi connectivity index (χ4v) is 2.69. The molecule has 0 aliphatic rings. The van der Waals surface area contributed by atoms with Crippen molar-refractivity contribution in [2.24, 2.45) is 10.9 Å².